The smallest absolute Gasteiger partial charge is 0.157 e. The van der Waals surface area contributed by atoms with Gasteiger partial charge in [0.1, 0.15) is 4.60 Å². The average molecular weight is 296 g/mol. The molecule has 2 heterocycles. The van der Waals surface area contributed by atoms with Gasteiger partial charge in [0.2, 0.25) is 0 Å². The third-order valence-corrected chi connectivity index (χ3v) is 4.48. The van der Waals surface area contributed by atoms with Gasteiger partial charge in [0.15, 0.2) is 11.5 Å². The minimum absolute atomic E-state index is 0.0211. The van der Waals surface area contributed by atoms with Gasteiger partial charge in [-0.1, -0.05) is 20.8 Å². The highest BCUT2D eigenvalue weighted by molar-refractivity contribution is 9.10. The summed E-state index contributed by atoms with van der Waals surface area (Å²) in [6, 6.07) is 2.09. The molecule has 0 aliphatic carbocycles. The molecule has 0 saturated heterocycles. The second kappa shape index (κ2) is 4.09. The van der Waals surface area contributed by atoms with Gasteiger partial charge in [-0.3, -0.25) is 0 Å². The van der Waals surface area contributed by atoms with Crippen LogP contribution in [0.25, 0.3) is 5.65 Å². The van der Waals surface area contributed by atoms with Gasteiger partial charge in [-0.05, 0) is 53.4 Å². The second-order valence-electron chi connectivity index (χ2n) is 5.19. The van der Waals surface area contributed by atoms with Crippen LogP contribution in [0.3, 0.4) is 0 Å². The molecule has 0 radical (unpaired) electrons. The average Bonchev–Trinajstić information content (AvgIpc) is 2.70. The summed E-state index contributed by atoms with van der Waals surface area (Å²) in [5.74, 6) is 0.908. The van der Waals surface area contributed by atoms with Crippen LogP contribution in [0.4, 0.5) is 0 Å². The van der Waals surface area contributed by atoms with Crippen molar-refractivity contribution in [1.29, 1.82) is 0 Å². The summed E-state index contributed by atoms with van der Waals surface area (Å²) in [4.78, 5) is 4.64. The molecular formula is C13H18BrN3. The fraction of sp³-hybridized carbons (Fsp3) is 0.538. The largest absolute Gasteiger partial charge is 0.211 e. The van der Waals surface area contributed by atoms with Crippen molar-refractivity contribution < 1.29 is 0 Å². The van der Waals surface area contributed by atoms with Crippen molar-refractivity contribution in [2.24, 2.45) is 0 Å². The topological polar surface area (TPSA) is 30.2 Å². The maximum atomic E-state index is 4.64. The SMILES string of the molecule is CCC(C)(C)c1nc2cc(C)c(C)c(Br)n2n1. The molecular weight excluding hydrogens is 278 g/mol. The Hall–Kier alpha value is -0.900. The third-order valence-electron chi connectivity index (χ3n) is 3.55. The van der Waals surface area contributed by atoms with E-state index in [9.17, 15) is 0 Å². The van der Waals surface area contributed by atoms with Gasteiger partial charge >= 0.3 is 0 Å². The van der Waals surface area contributed by atoms with Gasteiger partial charge in [-0.2, -0.15) is 0 Å². The lowest BCUT2D eigenvalue weighted by Crippen LogP contribution is -2.17. The molecule has 0 aromatic carbocycles. The molecule has 2 aromatic heterocycles. The van der Waals surface area contributed by atoms with E-state index in [4.69, 9.17) is 0 Å². The molecule has 0 aliphatic heterocycles. The van der Waals surface area contributed by atoms with Crippen LogP contribution in [0.1, 0.15) is 44.1 Å². The van der Waals surface area contributed by atoms with Crippen molar-refractivity contribution in [3.05, 3.63) is 27.6 Å². The summed E-state index contributed by atoms with van der Waals surface area (Å²) in [5.41, 5.74) is 3.38. The lowest BCUT2D eigenvalue weighted by Gasteiger charge is -2.17. The van der Waals surface area contributed by atoms with Gasteiger partial charge < -0.3 is 0 Å². The van der Waals surface area contributed by atoms with Crippen LogP contribution in [-0.2, 0) is 5.41 Å². The maximum Gasteiger partial charge on any atom is 0.157 e. The van der Waals surface area contributed by atoms with E-state index in [1.54, 1.807) is 0 Å². The number of nitrogens with zero attached hydrogens (tertiary/aromatic N) is 3. The van der Waals surface area contributed by atoms with Crippen molar-refractivity contribution in [3.8, 4) is 0 Å². The first-order chi connectivity index (χ1) is 7.86. The Kier molecular flexibility index (Phi) is 3.02. The monoisotopic (exact) mass is 295 g/mol. The minimum atomic E-state index is 0.0211. The highest BCUT2D eigenvalue weighted by Crippen LogP contribution is 2.27. The molecule has 17 heavy (non-hydrogen) atoms. The second-order valence-corrected chi connectivity index (χ2v) is 5.94. The Bertz CT molecular complexity index is 570. The van der Waals surface area contributed by atoms with E-state index in [-0.39, 0.29) is 5.41 Å². The van der Waals surface area contributed by atoms with Gasteiger partial charge in [-0.15, -0.1) is 5.10 Å². The number of aromatic nitrogens is 3. The van der Waals surface area contributed by atoms with E-state index < -0.39 is 0 Å². The summed E-state index contributed by atoms with van der Waals surface area (Å²) in [7, 11) is 0. The zero-order valence-corrected chi connectivity index (χ0v) is 12.6. The first kappa shape index (κ1) is 12.6. The van der Waals surface area contributed by atoms with Crippen molar-refractivity contribution >= 4 is 21.6 Å². The predicted octanol–water partition coefficient (Wildman–Crippen LogP) is 3.80. The lowest BCUT2D eigenvalue weighted by molar-refractivity contribution is 0.473. The molecule has 0 fully saturated rings. The van der Waals surface area contributed by atoms with Crippen molar-refractivity contribution in [3.63, 3.8) is 0 Å². The van der Waals surface area contributed by atoms with Crippen LogP contribution < -0.4 is 0 Å². The molecule has 0 aliphatic rings. The molecule has 0 bridgehead atoms. The summed E-state index contributed by atoms with van der Waals surface area (Å²) in [6.45, 7) is 10.7. The summed E-state index contributed by atoms with van der Waals surface area (Å²) >= 11 is 3.59. The third kappa shape index (κ3) is 1.99. The van der Waals surface area contributed by atoms with Crippen LogP contribution in [-0.4, -0.2) is 14.6 Å². The lowest BCUT2D eigenvalue weighted by atomic mass is 9.90. The molecule has 0 atom stereocenters. The summed E-state index contributed by atoms with van der Waals surface area (Å²) < 4.78 is 2.88. The number of hydrogen-bond donors (Lipinski definition) is 0. The van der Waals surface area contributed by atoms with Crippen LogP contribution in [0.5, 0.6) is 0 Å². The fourth-order valence-electron chi connectivity index (χ4n) is 1.63. The van der Waals surface area contributed by atoms with E-state index in [0.29, 0.717) is 0 Å². The molecule has 0 amide bonds. The van der Waals surface area contributed by atoms with E-state index in [2.05, 4.69) is 66.7 Å². The molecule has 0 saturated carbocycles. The number of fused-ring (bicyclic) bond motifs is 1. The van der Waals surface area contributed by atoms with Crippen LogP contribution >= 0.6 is 15.9 Å². The van der Waals surface area contributed by atoms with Crippen LogP contribution in [0.2, 0.25) is 0 Å². The number of rotatable bonds is 2. The van der Waals surface area contributed by atoms with Gasteiger partial charge in [0.05, 0.1) is 0 Å². The highest BCUT2D eigenvalue weighted by Gasteiger charge is 2.24. The molecule has 2 rings (SSSR count). The number of hydrogen-bond acceptors (Lipinski definition) is 2. The molecule has 0 unspecified atom stereocenters. The highest BCUT2D eigenvalue weighted by atomic mass is 79.9. The minimum Gasteiger partial charge on any atom is -0.211 e. The van der Waals surface area contributed by atoms with Gasteiger partial charge in [0, 0.05) is 5.41 Å². The molecule has 3 nitrogen and oxygen atoms in total. The first-order valence-corrected chi connectivity index (χ1v) is 6.69. The number of aryl methyl sites for hydroxylation is 1. The summed E-state index contributed by atoms with van der Waals surface area (Å²) in [6.07, 6.45) is 1.03. The predicted molar refractivity (Wildman–Crippen MR) is 73.5 cm³/mol. The van der Waals surface area contributed by atoms with Gasteiger partial charge in [-0.25, -0.2) is 9.50 Å². The maximum absolute atomic E-state index is 4.64. The normalized spacial score (nSPS) is 12.4. The first-order valence-electron chi connectivity index (χ1n) is 5.90. The fourth-order valence-corrected chi connectivity index (χ4v) is 2.20. The number of pyridine rings is 1. The zero-order chi connectivity index (χ0) is 12.8. The Morgan fingerprint density at radius 2 is 2.00 bits per heavy atom. The molecule has 4 heteroatoms. The Labute approximate surface area is 110 Å². The zero-order valence-electron chi connectivity index (χ0n) is 11.0. The Morgan fingerprint density at radius 3 is 2.59 bits per heavy atom. The molecule has 2 aromatic rings. The van der Waals surface area contributed by atoms with Crippen LogP contribution in [0, 0.1) is 13.8 Å². The molecule has 0 spiro atoms. The quantitative estimate of drug-likeness (QED) is 0.789. The van der Waals surface area contributed by atoms with Crippen molar-refractivity contribution in [2.75, 3.05) is 0 Å². The van der Waals surface area contributed by atoms with E-state index in [0.717, 1.165) is 22.5 Å². The van der Waals surface area contributed by atoms with E-state index >= 15 is 0 Å². The Balaban J connectivity index is 2.70. The van der Waals surface area contributed by atoms with E-state index in [1.807, 2.05) is 4.52 Å². The van der Waals surface area contributed by atoms with Crippen molar-refractivity contribution in [2.45, 2.75) is 46.5 Å². The Morgan fingerprint density at radius 1 is 1.35 bits per heavy atom. The van der Waals surface area contributed by atoms with Gasteiger partial charge in [0.25, 0.3) is 0 Å². The van der Waals surface area contributed by atoms with Crippen molar-refractivity contribution in [1.82, 2.24) is 14.6 Å². The summed E-state index contributed by atoms with van der Waals surface area (Å²) in [5, 5.41) is 4.62. The molecule has 0 N–H and O–H groups in total. The van der Waals surface area contributed by atoms with Crippen LogP contribution in [0.15, 0.2) is 10.7 Å². The standard InChI is InChI=1S/C13H18BrN3/c1-6-13(4,5)12-15-10-7-8(2)9(3)11(14)17(10)16-12/h7H,6H2,1-5H3. The van der Waals surface area contributed by atoms with E-state index in [1.165, 1.54) is 11.1 Å². The number of halogens is 1. The molecule has 92 valence electrons.